The number of aromatic carboxylic acids is 1. The van der Waals surface area contributed by atoms with E-state index in [1.54, 1.807) is 10.9 Å². The molecule has 0 fully saturated rings. The summed E-state index contributed by atoms with van der Waals surface area (Å²) in [6, 6.07) is 1.47. The lowest BCUT2D eigenvalue weighted by molar-refractivity contribution is 0.0697. The molecule has 0 spiro atoms. The lowest BCUT2D eigenvalue weighted by atomic mass is 10.1. The van der Waals surface area contributed by atoms with Crippen molar-refractivity contribution in [3.63, 3.8) is 0 Å². The smallest absolute Gasteiger partial charge is 0.336 e. The second-order valence-electron chi connectivity index (χ2n) is 3.57. The molecule has 0 unspecified atom stereocenters. The van der Waals surface area contributed by atoms with E-state index in [-0.39, 0.29) is 5.56 Å². The maximum Gasteiger partial charge on any atom is 0.336 e. The first-order chi connectivity index (χ1) is 8.24. The third kappa shape index (κ3) is 2.15. The number of rotatable bonds is 4. The topological polar surface area (TPSA) is 80.9 Å². The van der Waals surface area contributed by atoms with Crippen LogP contribution >= 0.6 is 0 Å². The Morgan fingerprint density at radius 3 is 3.00 bits per heavy atom. The van der Waals surface area contributed by atoms with E-state index in [0.717, 1.165) is 6.42 Å². The Morgan fingerprint density at radius 2 is 2.29 bits per heavy atom. The van der Waals surface area contributed by atoms with E-state index in [0.29, 0.717) is 17.8 Å². The lowest BCUT2D eigenvalue weighted by Gasteiger charge is -2.06. The van der Waals surface area contributed by atoms with Gasteiger partial charge in [-0.1, -0.05) is 12.1 Å². The minimum atomic E-state index is -0.980. The molecule has 0 saturated heterocycles. The minimum absolute atomic E-state index is 0.208. The third-order valence-electron chi connectivity index (χ3n) is 2.38. The highest BCUT2D eigenvalue weighted by atomic mass is 16.4. The van der Waals surface area contributed by atoms with Crippen LogP contribution in [-0.2, 0) is 6.54 Å². The van der Waals surface area contributed by atoms with Crippen LogP contribution in [0.5, 0.6) is 0 Å². The lowest BCUT2D eigenvalue weighted by Crippen LogP contribution is -2.05. The van der Waals surface area contributed by atoms with Gasteiger partial charge in [-0.15, -0.1) is 5.10 Å². The van der Waals surface area contributed by atoms with Crippen molar-refractivity contribution in [2.24, 2.45) is 0 Å². The van der Waals surface area contributed by atoms with Gasteiger partial charge in [0.1, 0.15) is 0 Å². The van der Waals surface area contributed by atoms with E-state index in [4.69, 9.17) is 5.11 Å². The molecule has 6 nitrogen and oxygen atoms in total. The number of aromatic nitrogens is 4. The van der Waals surface area contributed by atoms with Crippen molar-refractivity contribution in [3.05, 3.63) is 30.2 Å². The van der Waals surface area contributed by atoms with Crippen LogP contribution in [0.3, 0.4) is 0 Å². The van der Waals surface area contributed by atoms with Crippen LogP contribution in [0.15, 0.2) is 24.7 Å². The second kappa shape index (κ2) is 4.73. The first-order valence-electron chi connectivity index (χ1n) is 5.30. The van der Waals surface area contributed by atoms with Gasteiger partial charge >= 0.3 is 5.97 Å². The van der Waals surface area contributed by atoms with E-state index < -0.39 is 5.97 Å². The van der Waals surface area contributed by atoms with Crippen molar-refractivity contribution in [3.8, 4) is 11.3 Å². The monoisotopic (exact) mass is 232 g/mol. The quantitative estimate of drug-likeness (QED) is 0.862. The van der Waals surface area contributed by atoms with Crippen molar-refractivity contribution >= 4 is 5.97 Å². The van der Waals surface area contributed by atoms with E-state index in [9.17, 15) is 4.79 Å². The summed E-state index contributed by atoms with van der Waals surface area (Å²) < 4.78 is 1.68. The van der Waals surface area contributed by atoms with Crippen molar-refractivity contribution in [2.75, 3.05) is 0 Å². The normalized spacial score (nSPS) is 10.4. The highest BCUT2D eigenvalue weighted by Crippen LogP contribution is 2.21. The second-order valence-corrected chi connectivity index (χ2v) is 3.57. The number of carbonyl (C=O) groups is 1. The van der Waals surface area contributed by atoms with Gasteiger partial charge in [0.05, 0.1) is 17.5 Å². The van der Waals surface area contributed by atoms with Gasteiger partial charge in [0.25, 0.3) is 0 Å². The molecular weight excluding hydrogens is 220 g/mol. The molecule has 0 amide bonds. The Bertz CT molecular complexity index is 536. The summed E-state index contributed by atoms with van der Waals surface area (Å²) in [7, 11) is 0. The van der Waals surface area contributed by atoms with Crippen LogP contribution in [-0.4, -0.2) is 31.1 Å². The number of carboxylic acid groups (broad SMARTS) is 1. The van der Waals surface area contributed by atoms with Crippen LogP contribution in [0.4, 0.5) is 0 Å². The van der Waals surface area contributed by atoms with Gasteiger partial charge in [-0.2, -0.15) is 0 Å². The zero-order chi connectivity index (χ0) is 12.3. The molecule has 2 heterocycles. The molecule has 0 atom stereocenters. The van der Waals surface area contributed by atoms with Crippen LogP contribution in [0.25, 0.3) is 11.3 Å². The van der Waals surface area contributed by atoms with Crippen molar-refractivity contribution < 1.29 is 9.90 Å². The summed E-state index contributed by atoms with van der Waals surface area (Å²) in [6.07, 6.45) is 5.44. The largest absolute Gasteiger partial charge is 0.478 e. The predicted octanol–water partition coefficient (Wildman–Crippen LogP) is 1.45. The molecule has 0 radical (unpaired) electrons. The molecule has 2 aromatic rings. The molecule has 0 aliphatic rings. The number of carboxylic acids is 1. The third-order valence-corrected chi connectivity index (χ3v) is 2.38. The van der Waals surface area contributed by atoms with E-state index in [2.05, 4.69) is 15.3 Å². The Labute approximate surface area is 97.9 Å². The molecule has 0 bridgehead atoms. The van der Waals surface area contributed by atoms with Crippen LogP contribution in [0, 0.1) is 0 Å². The number of hydrogen-bond donors (Lipinski definition) is 1. The van der Waals surface area contributed by atoms with Crippen molar-refractivity contribution in [1.29, 1.82) is 0 Å². The zero-order valence-electron chi connectivity index (χ0n) is 9.37. The van der Waals surface area contributed by atoms with Crippen molar-refractivity contribution in [2.45, 2.75) is 19.9 Å². The van der Waals surface area contributed by atoms with Gasteiger partial charge in [-0.3, -0.25) is 4.98 Å². The first-order valence-corrected chi connectivity index (χ1v) is 5.30. The summed E-state index contributed by atoms with van der Waals surface area (Å²) in [4.78, 5) is 15.1. The average molecular weight is 232 g/mol. The summed E-state index contributed by atoms with van der Waals surface area (Å²) >= 11 is 0. The standard InChI is InChI=1S/C11H12N4O2/c1-2-5-15-10(7-13-14-15)9-6-12-4-3-8(9)11(16)17/h3-4,6-7H,2,5H2,1H3,(H,16,17). The summed E-state index contributed by atoms with van der Waals surface area (Å²) in [6.45, 7) is 2.72. The number of nitrogens with zero attached hydrogens (tertiary/aromatic N) is 4. The molecule has 1 N–H and O–H groups in total. The van der Waals surface area contributed by atoms with Gasteiger partial charge in [0.2, 0.25) is 0 Å². The van der Waals surface area contributed by atoms with Gasteiger partial charge in [0, 0.05) is 24.5 Å². The highest BCUT2D eigenvalue weighted by molar-refractivity contribution is 5.95. The van der Waals surface area contributed by atoms with Gasteiger partial charge in [0.15, 0.2) is 0 Å². The molecule has 6 heteroatoms. The molecule has 17 heavy (non-hydrogen) atoms. The zero-order valence-corrected chi connectivity index (χ0v) is 9.37. The molecular formula is C11H12N4O2. The van der Waals surface area contributed by atoms with Crippen LogP contribution in [0.2, 0.25) is 0 Å². The van der Waals surface area contributed by atoms with E-state index in [1.165, 1.54) is 18.5 Å². The maximum absolute atomic E-state index is 11.1. The molecule has 88 valence electrons. The molecule has 0 aliphatic carbocycles. The van der Waals surface area contributed by atoms with Gasteiger partial charge in [-0.25, -0.2) is 9.48 Å². The van der Waals surface area contributed by atoms with Gasteiger partial charge < -0.3 is 5.11 Å². The number of hydrogen-bond acceptors (Lipinski definition) is 4. The molecule has 0 aromatic carbocycles. The van der Waals surface area contributed by atoms with Crippen molar-refractivity contribution in [1.82, 2.24) is 20.0 Å². The predicted molar refractivity (Wildman–Crippen MR) is 60.5 cm³/mol. The Kier molecular flexibility index (Phi) is 3.13. The summed E-state index contributed by atoms with van der Waals surface area (Å²) in [5.41, 5.74) is 1.43. The molecule has 0 saturated carbocycles. The first kappa shape index (κ1) is 11.3. The van der Waals surface area contributed by atoms with E-state index in [1.807, 2.05) is 6.92 Å². The molecule has 0 aliphatic heterocycles. The van der Waals surface area contributed by atoms with Crippen LogP contribution < -0.4 is 0 Å². The Balaban J connectivity index is 2.52. The average Bonchev–Trinajstić information content (AvgIpc) is 2.77. The van der Waals surface area contributed by atoms with Gasteiger partial charge in [-0.05, 0) is 12.5 Å². The number of pyridine rings is 1. The molecule has 2 aromatic heterocycles. The Morgan fingerprint density at radius 1 is 1.47 bits per heavy atom. The fourth-order valence-corrected chi connectivity index (χ4v) is 1.63. The molecule has 2 rings (SSSR count). The summed E-state index contributed by atoms with van der Waals surface area (Å²) in [5, 5.41) is 16.8. The van der Waals surface area contributed by atoms with E-state index >= 15 is 0 Å². The Hall–Kier alpha value is -2.24. The van der Waals surface area contributed by atoms with Crippen LogP contribution in [0.1, 0.15) is 23.7 Å². The number of aryl methyl sites for hydroxylation is 1. The SMILES string of the molecule is CCCn1nncc1-c1cnccc1C(=O)O. The fraction of sp³-hybridized carbons (Fsp3) is 0.273. The maximum atomic E-state index is 11.1. The summed E-state index contributed by atoms with van der Waals surface area (Å²) in [5.74, 6) is -0.980. The highest BCUT2D eigenvalue weighted by Gasteiger charge is 2.15. The minimum Gasteiger partial charge on any atom is -0.478 e. The fourth-order valence-electron chi connectivity index (χ4n) is 1.63.